The molecule has 1 aliphatic carbocycles. The van der Waals surface area contributed by atoms with Crippen LogP contribution in [0.1, 0.15) is 57.2 Å². The summed E-state index contributed by atoms with van der Waals surface area (Å²) in [6, 6.07) is 3.16. The van der Waals surface area contributed by atoms with Crippen LogP contribution in [0.5, 0.6) is 0 Å². The van der Waals surface area contributed by atoms with Gasteiger partial charge in [0.1, 0.15) is 10.7 Å². The first-order chi connectivity index (χ1) is 13.3. The zero-order valence-corrected chi connectivity index (χ0v) is 16.2. The summed E-state index contributed by atoms with van der Waals surface area (Å²) >= 11 is 1.30. The van der Waals surface area contributed by atoms with Crippen molar-refractivity contribution in [1.29, 1.82) is 0 Å². The van der Waals surface area contributed by atoms with Crippen LogP contribution in [-0.4, -0.2) is 27.5 Å². The third-order valence-corrected chi connectivity index (χ3v) is 6.11. The van der Waals surface area contributed by atoms with Crippen LogP contribution in [0, 0.1) is 25.5 Å². The summed E-state index contributed by atoms with van der Waals surface area (Å²) < 4.78 is 26.3. The van der Waals surface area contributed by atoms with Crippen molar-refractivity contribution in [3.05, 3.63) is 57.4 Å². The second-order valence-corrected chi connectivity index (χ2v) is 8.08. The van der Waals surface area contributed by atoms with Crippen LogP contribution >= 0.6 is 11.3 Å². The lowest BCUT2D eigenvalue weighted by Crippen LogP contribution is -2.28. The number of fused-ring (bicyclic) bond motifs is 1. The highest BCUT2D eigenvalue weighted by Crippen LogP contribution is 2.40. The summed E-state index contributed by atoms with van der Waals surface area (Å²) in [6.07, 6.45) is 1.06. The average molecular weight is 403 g/mol. The van der Waals surface area contributed by atoms with Gasteiger partial charge in [0.05, 0.1) is 16.7 Å². The van der Waals surface area contributed by atoms with E-state index >= 15 is 0 Å². The molecule has 1 aromatic carbocycles. The summed E-state index contributed by atoms with van der Waals surface area (Å²) in [5.41, 5.74) is 1.87. The van der Waals surface area contributed by atoms with E-state index in [4.69, 9.17) is 0 Å². The normalized spacial score (nSPS) is 15.0. The molecule has 1 atom stereocenters. The van der Waals surface area contributed by atoms with Crippen molar-refractivity contribution in [3.8, 4) is 0 Å². The van der Waals surface area contributed by atoms with Gasteiger partial charge < -0.3 is 10.4 Å². The molecule has 1 aliphatic rings. The first-order valence-electron chi connectivity index (χ1n) is 9.04. The number of aromatic nitrogens is 2. The minimum absolute atomic E-state index is 0.116. The standard InChI is InChI=1S/C20H19F2N3O2S/c1-9-16-10(2)24-18(11-3-4-11)25-20(16)28-17(9)19(27)23-8-15(26)12-5-6-13(21)14(22)7-12/h5-7,11,15,26H,3-4,8H2,1-2H3,(H,23,27)/t15-/m1/s1. The van der Waals surface area contributed by atoms with Crippen molar-refractivity contribution in [3.63, 3.8) is 0 Å². The van der Waals surface area contributed by atoms with Crippen molar-refractivity contribution < 1.29 is 18.7 Å². The van der Waals surface area contributed by atoms with E-state index < -0.39 is 17.7 Å². The zero-order chi connectivity index (χ0) is 20.0. The monoisotopic (exact) mass is 403 g/mol. The van der Waals surface area contributed by atoms with E-state index in [1.807, 2.05) is 13.8 Å². The van der Waals surface area contributed by atoms with Crippen LogP contribution in [0.2, 0.25) is 0 Å². The number of aliphatic hydroxyl groups is 1. The molecule has 0 radical (unpaired) electrons. The molecule has 0 bridgehead atoms. The van der Waals surface area contributed by atoms with Gasteiger partial charge in [-0.2, -0.15) is 0 Å². The molecular formula is C20H19F2N3O2S. The van der Waals surface area contributed by atoms with Gasteiger partial charge in [0.15, 0.2) is 11.6 Å². The first kappa shape index (κ1) is 18.9. The summed E-state index contributed by atoms with van der Waals surface area (Å²) in [5.74, 6) is -1.10. The molecule has 2 heterocycles. The van der Waals surface area contributed by atoms with Crippen molar-refractivity contribution in [1.82, 2.24) is 15.3 Å². The quantitative estimate of drug-likeness (QED) is 0.677. The van der Waals surface area contributed by atoms with E-state index in [0.717, 1.165) is 52.3 Å². The lowest BCUT2D eigenvalue weighted by atomic mass is 10.1. The van der Waals surface area contributed by atoms with Crippen molar-refractivity contribution in [2.24, 2.45) is 0 Å². The highest BCUT2D eigenvalue weighted by molar-refractivity contribution is 7.20. The fourth-order valence-electron chi connectivity index (χ4n) is 3.21. The number of carbonyl (C=O) groups is 1. The second kappa shape index (κ2) is 7.18. The van der Waals surface area contributed by atoms with E-state index in [-0.39, 0.29) is 18.0 Å². The first-order valence-corrected chi connectivity index (χ1v) is 9.85. The van der Waals surface area contributed by atoms with Crippen molar-refractivity contribution in [2.45, 2.75) is 38.7 Å². The summed E-state index contributed by atoms with van der Waals surface area (Å²) in [4.78, 5) is 23.1. The van der Waals surface area contributed by atoms with E-state index in [1.54, 1.807) is 0 Å². The maximum Gasteiger partial charge on any atom is 0.261 e. The van der Waals surface area contributed by atoms with E-state index in [1.165, 1.54) is 17.4 Å². The van der Waals surface area contributed by atoms with Crippen LogP contribution < -0.4 is 5.32 Å². The Hall–Kier alpha value is -2.45. The third-order valence-electron chi connectivity index (χ3n) is 4.92. The predicted molar refractivity (Wildman–Crippen MR) is 103 cm³/mol. The predicted octanol–water partition coefficient (Wildman–Crippen LogP) is 3.93. The minimum Gasteiger partial charge on any atom is -0.387 e. The molecule has 3 aromatic rings. The van der Waals surface area contributed by atoms with Crippen molar-refractivity contribution in [2.75, 3.05) is 6.54 Å². The highest BCUT2D eigenvalue weighted by atomic mass is 32.1. The molecule has 5 nitrogen and oxygen atoms in total. The second-order valence-electron chi connectivity index (χ2n) is 7.08. The van der Waals surface area contributed by atoms with Crippen LogP contribution in [-0.2, 0) is 0 Å². The Morgan fingerprint density at radius 3 is 2.71 bits per heavy atom. The Morgan fingerprint density at radius 1 is 1.29 bits per heavy atom. The van der Waals surface area contributed by atoms with Gasteiger partial charge in [-0.05, 0) is 49.9 Å². The van der Waals surface area contributed by atoms with E-state index in [2.05, 4.69) is 15.3 Å². The number of halogens is 2. The molecule has 28 heavy (non-hydrogen) atoms. The summed E-state index contributed by atoms with van der Waals surface area (Å²) in [6.45, 7) is 3.66. The summed E-state index contributed by atoms with van der Waals surface area (Å²) in [7, 11) is 0. The maximum atomic E-state index is 13.3. The number of aryl methyl sites for hydroxylation is 2. The molecule has 0 saturated heterocycles. The Labute approximate surface area is 164 Å². The average Bonchev–Trinajstić information content (AvgIpc) is 3.45. The fourth-order valence-corrected chi connectivity index (χ4v) is 4.36. The Morgan fingerprint density at radius 2 is 2.04 bits per heavy atom. The molecule has 0 unspecified atom stereocenters. The molecule has 4 rings (SSSR count). The highest BCUT2D eigenvalue weighted by Gasteiger charge is 2.28. The molecule has 1 saturated carbocycles. The van der Waals surface area contributed by atoms with Crippen LogP contribution in [0.4, 0.5) is 8.78 Å². The minimum atomic E-state index is -1.14. The molecule has 8 heteroatoms. The number of aliphatic hydroxyl groups excluding tert-OH is 1. The smallest absolute Gasteiger partial charge is 0.261 e. The lowest BCUT2D eigenvalue weighted by molar-refractivity contribution is 0.0919. The lowest BCUT2D eigenvalue weighted by Gasteiger charge is -2.12. The number of thiophene rings is 1. The van der Waals surface area contributed by atoms with Crippen LogP contribution in [0.25, 0.3) is 10.2 Å². The fraction of sp³-hybridized carbons (Fsp3) is 0.350. The number of carbonyl (C=O) groups excluding carboxylic acids is 1. The molecule has 1 amide bonds. The zero-order valence-electron chi connectivity index (χ0n) is 15.4. The van der Waals surface area contributed by atoms with Crippen LogP contribution in [0.15, 0.2) is 18.2 Å². The van der Waals surface area contributed by atoms with Crippen molar-refractivity contribution >= 4 is 27.5 Å². The number of nitrogens with zero attached hydrogens (tertiary/aromatic N) is 2. The molecular weight excluding hydrogens is 384 g/mol. The van der Waals surface area contributed by atoms with E-state index in [9.17, 15) is 18.7 Å². The topological polar surface area (TPSA) is 75.1 Å². The Bertz CT molecular complexity index is 1080. The number of benzene rings is 1. The number of hydrogen-bond acceptors (Lipinski definition) is 5. The molecule has 146 valence electrons. The van der Waals surface area contributed by atoms with Gasteiger partial charge >= 0.3 is 0 Å². The maximum absolute atomic E-state index is 13.3. The van der Waals surface area contributed by atoms with Gasteiger partial charge in [0, 0.05) is 17.8 Å². The SMILES string of the molecule is Cc1nc(C2CC2)nc2sc(C(=O)NC[C@@H](O)c3ccc(F)c(F)c3)c(C)c12. The van der Waals surface area contributed by atoms with Gasteiger partial charge in [-0.3, -0.25) is 4.79 Å². The number of hydrogen-bond donors (Lipinski definition) is 2. The van der Waals surface area contributed by atoms with Gasteiger partial charge in [-0.1, -0.05) is 6.07 Å². The third kappa shape index (κ3) is 3.49. The van der Waals surface area contributed by atoms with Crippen LogP contribution in [0.3, 0.4) is 0 Å². The van der Waals surface area contributed by atoms with Gasteiger partial charge in [0.2, 0.25) is 0 Å². The molecule has 1 fully saturated rings. The largest absolute Gasteiger partial charge is 0.387 e. The van der Waals surface area contributed by atoms with Gasteiger partial charge in [0.25, 0.3) is 5.91 Å². The molecule has 0 aliphatic heterocycles. The number of rotatable bonds is 5. The van der Waals surface area contributed by atoms with E-state index in [0.29, 0.717) is 10.8 Å². The molecule has 2 aromatic heterocycles. The Balaban J connectivity index is 1.52. The van der Waals surface area contributed by atoms with Gasteiger partial charge in [-0.15, -0.1) is 11.3 Å². The van der Waals surface area contributed by atoms with Gasteiger partial charge in [-0.25, -0.2) is 18.7 Å². The number of amides is 1. The summed E-state index contributed by atoms with van der Waals surface area (Å²) in [5, 5.41) is 13.7. The molecule has 2 N–H and O–H groups in total. The Kier molecular flexibility index (Phi) is 4.84. The molecule has 0 spiro atoms. The number of nitrogens with one attached hydrogen (secondary N) is 1.